The summed E-state index contributed by atoms with van der Waals surface area (Å²) in [4.78, 5) is 0.890. The number of hydrogen-bond acceptors (Lipinski definition) is 2. The summed E-state index contributed by atoms with van der Waals surface area (Å²) >= 11 is 1.12. The van der Waals surface area contributed by atoms with Crippen molar-refractivity contribution in [2.75, 3.05) is 0 Å². The van der Waals surface area contributed by atoms with Crippen LogP contribution >= 0.6 is 11.8 Å². The fraction of sp³-hybridized carbons (Fsp3) is 0.0455. The second kappa shape index (κ2) is 7.87. The SMILES string of the molecule is Cc1cc(F)c(C#Cc2ccc(-c3ccc(SC#N)cc3)cc2)c(F)c1. The Morgan fingerprint density at radius 1 is 0.808 bits per heavy atom. The van der Waals surface area contributed by atoms with E-state index < -0.39 is 11.6 Å². The molecule has 0 aromatic heterocycles. The molecule has 0 aliphatic carbocycles. The summed E-state index contributed by atoms with van der Waals surface area (Å²) in [5.41, 5.74) is 2.99. The van der Waals surface area contributed by atoms with Crippen molar-refractivity contribution >= 4 is 11.8 Å². The normalized spacial score (nSPS) is 9.92. The Labute approximate surface area is 155 Å². The molecule has 3 aromatic rings. The molecule has 26 heavy (non-hydrogen) atoms. The minimum atomic E-state index is -0.651. The van der Waals surface area contributed by atoms with Crippen molar-refractivity contribution in [2.45, 2.75) is 11.8 Å². The lowest BCUT2D eigenvalue weighted by Gasteiger charge is -2.03. The standard InChI is InChI=1S/C22H13F2NS/c1-15-12-21(23)20(22(24)13-15)11-4-16-2-5-17(6-3-16)18-7-9-19(10-8-18)26-14-25/h2-3,5-10,12-13H,1H3. The van der Waals surface area contributed by atoms with Crippen LogP contribution < -0.4 is 0 Å². The van der Waals surface area contributed by atoms with Crippen molar-refractivity contribution in [1.29, 1.82) is 5.26 Å². The molecule has 0 amide bonds. The van der Waals surface area contributed by atoms with Gasteiger partial charge in [-0.05, 0) is 71.8 Å². The molecule has 0 N–H and O–H groups in total. The number of aryl methyl sites for hydroxylation is 1. The number of nitriles is 1. The third-order valence-electron chi connectivity index (χ3n) is 3.75. The van der Waals surface area contributed by atoms with E-state index in [1.54, 1.807) is 6.92 Å². The van der Waals surface area contributed by atoms with Crippen molar-refractivity contribution in [1.82, 2.24) is 0 Å². The molecule has 4 heteroatoms. The van der Waals surface area contributed by atoms with Crippen LogP contribution in [0.4, 0.5) is 8.78 Å². The van der Waals surface area contributed by atoms with Crippen LogP contribution in [0.3, 0.4) is 0 Å². The van der Waals surface area contributed by atoms with Crippen molar-refractivity contribution in [2.24, 2.45) is 0 Å². The summed E-state index contributed by atoms with van der Waals surface area (Å²) in [5, 5.41) is 10.7. The van der Waals surface area contributed by atoms with Crippen LogP contribution in [0.2, 0.25) is 0 Å². The monoisotopic (exact) mass is 361 g/mol. The van der Waals surface area contributed by atoms with E-state index in [2.05, 4.69) is 11.8 Å². The predicted octanol–water partition coefficient (Wildman–Crippen LogP) is 5.91. The molecule has 0 unspecified atom stereocenters. The Bertz CT molecular complexity index is 1010. The first-order valence-electron chi connectivity index (χ1n) is 7.81. The summed E-state index contributed by atoms with van der Waals surface area (Å²) in [6.45, 7) is 1.63. The first-order chi connectivity index (χ1) is 12.6. The Hall–Kier alpha value is -3.08. The number of rotatable bonds is 2. The van der Waals surface area contributed by atoms with E-state index in [1.807, 2.05) is 53.9 Å². The molecular formula is C22H13F2NS. The fourth-order valence-corrected chi connectivity index (χ4v) is 2.85. The molecular weight excluding hydrogens is 348 g/mol. The van der Waals surface area contributed by atoms with Crippen LogP contribution in [-0.4, -0.2) is 0 Å². The molecule has 0 atom stereocenters. The summed E-state index contributed by atoms with van der Waals surface area (Å²) in [6, 6.07) is 17.6. The molecule has 126 valence electrons. The highest BCUT2D eigenvalue weighted by atomic mass is 32.2. The number of nitrogens with zero attached hydrogens (tertiary/aromatic N) is 1. The maximum absolute atomic E-state index is 13.8. The summed E-state index contributed by atoms with van der Waals surface area (Å²) in [6.07, 6.45) is 0. The van der Waals surface area contributed by atoms with Crippen molar-refractivity contribution < 1.29 is 8.78 Å². The zero-order chi connectivity index (χ0) is 18.5. The van der Waals surface area contributed by atoms with Crippen LogP contribution in [0.15, 0.2) is 65.6 Å². The van der Waals surface area contributed by atoms with Gasteiger partial charge >= 0.3 is 0 Å². The van der Waals surface area contributed by atoms with E-state index in [0.29, 0.717) is 11.1 Å². The maximum atomic E-state index is 13.8. The van der Waals surface area contributed by atoms with E-state index in [4.69, 9.17) is 5.26 Å². The average Bonchev–Trinajstić information content (AvgIpc) is 2.62. The number of halogens is 2. The zero-order valence-corrected chi connectivity index (χ0v) is 14.7. The quantitative estimate of drug-likeness (QED) is 0.322. The molecule has 3 aromatic carbocycles. The number of thiocyanates is 1. The zero-order valence-electron chi connectivity index (χ0n) is 13.9. The Morgan fingerprint density at radius 2 is 1.35 bits per heavy atom. The van der Waals surface area contributed by atoms with E-state index in [0.717, 1.165) is 27.8 Å². The molecule has 0 bridgehead atoms. The topological polar surface area (TPSA) is 23.8 Å². The molecule has 0 saturated carbocycles. The van der Waals surface area contributed by atoms with E-state index in [9.17, 15) is 8.78 Å². The van der Waals surface area contributed by atoms with Crippen molar-refractivity contribution in [3.63, 3.8) is 0 Å². The highest BCUT2D eigenvalue weighted by Crippen LogP contribution is 2.24. The van der Waals surface area contributed by atoms with Gasteiger partial charge in [-0.25, -0.2) is 8.78 Å². The minimum Gasteiger partial charge on any atom is -0.206 e. The van der Waals surface area contributed by atoms with Gasteiger partial charge in [-0.1, -0.05) is 36.1 Å². The van der Waals surface area contributed by atoms with E-state index >= 15 is 0 Å². The Balaban J connectivity index is 1.82. The fourth-order valence-electron chi connectivity index (χ4n) is 2.47. The van der Waals surface area contributed by atoms with Gasteiger partial charge in [-0.2, -0.15) is 5.26 Å². The van der Waals surface area contributed by atoms with Gasteiger partial charge in [0.05, 0.1) is 5.56 Å². The smallest absolute Gasteiger partial charge is 0.142 e. The first kappa shape index (κ1) is 17.7. The van der Waals surface area contributed by atoms with Gasteiger partial charge in [0.2, 0.25) is 0 Å². The van der Waals surface area contributed by atoms with Crippen molar-refractivity contribution in [3.05, 3.63) is 89.0 Å². The van der Waals surface area contributed by atoms with Crippen LogP contribution in [0.25, 0.3) is 11.1 Å². The molecule has 3 rings (SSSR count). The predicted molar refractivity (Wildman–Crippen MR) is 100 cm³/mol. The number of thioether (sulfide) groups is 1. The average molecular weight is 361 g/mol. The van der Waals surface area contributed by atoms with Crippen LogP contribution in [-0.2, 0) is 0 Å². The minimum absolute atomic E-state index is 0.217. The highest BCUT2D eigenvalue weighted by Gasteiger charge is 2.07. The molecule has 0 saturated heterocycles. The Morgan fingerprint density at radius 3 is 1.88 bits per heavy atom. The second-order valence-electron chi connectivity index (χ2n) is 5.65. The van der Waals surface area contributed by atoms with E-state index in [-0.39, 0.29) is 5.56 Å². The van der Waals surface area contributed by atoms with Gasteiger partial charge in [0.1, 0.15) is 17.0 Å². The maximum Gasteiger partial charge on any atom is 0.142 e. The lowest BCUT2D eigenvalue weighted by molar-refractivity contribution is 0.575. The van der Waals surface area contributed by atoms with Gasteiger partial charge in [0.25, 0.3) is 0 Å². The van der Waals surface area contributed by atoms with Gasteiger partial charge in [0, 0.05) is 10.5 Å². The Kier molecular flexibility index (Phi) is 5.37. The molecule has 0 aliphatic rings. The van der Waals surface area contributed by atoms with Gasteiger partial charge < -0.3 is 0 Å². The summed E-state index contributed by atoms with van der Waals surface area (Å²) in [5.74, 6) is 4.07. The molecule has 0 heterocycles. The van der Waals surface area contributed by atoms with Gasteiger partial charge in [0.15, 0.2) is 0 Å². The third-order valence-corrected chi connectivity index (χ3v) is 4.35. The van der Waals surface area contributed by atoms with Crippen LogP contribution in [0, 0.1) is 41.1 Å². The molecule has 0 radical (unpaired) electrons. The largest absolute Gasteiger partial charge is 0.206 e. The number of benzene rings is 3. The second-order valence-corrected chi connectivity index (χ2v) is 6.51. The molecule has 1 nitrogen and oxygen atoms in total. The lowest BCUT2D eigenvalue weighted by Crippen LogP contribution is -1.91. The third kappa shape index (κ3) is 4.11. The number of hydrogen-bond donors (Lipinski definition) is 0. The summed E-state index contributed by atoms with van der Waals surface area (Å²) < 4.78 is 27.6. The first-order valence-corrected chi connectivity index (χ1v) is 8.62. The summed E-state index contributed by atoms with van der Waals surface area (Å²) in [7, 11) is 0. The van der Waals surface area contributed by atoms with E-state index in [1.165, 1.54) is 12.1 Å². The van der Waals surface area contributed by atoms with Crippen LogP contribution in [0.1, 0.15) is 16.7 Å². The van der Waals surface area contributed by atoms with Gasteiger partial charge in [-0.15, -0.1) is 0 Å². The highest BCUT2D eigenvalue weighted by molar-refractivity contribution is 8.03. The lowest BCUT2D eigenvalue weighted by atomic mass is 10.0. The van der Waals surface area contributed by atoms with Gasteiger partial charge in [-0.3, -0.25) is 0 Å². The molecule has 0 fully saturated rings. The molecule has 0 spiro atoms. The molecule has 0 aliphatic heterocycles. The van der Waals surface area contributed by atoms with Crippen LogP contribution in [0.5, 0.6) is 0 Å². The van der Waals surface area contributed by atoms with Crippen molar-refractivity contribution in [3.8, 4) is 28.4 Å².